The Morgan fingerprint density at radius 1 is 1.38 bits per heavy atom. The Morgan fingerprint density at radius 3 is 2.50 bits per heavy atom. The molecule has 0 amide bonds. The van der Waals surface area contributed by atoms with E-state index < -0.39 is 6.04 Å². The lowest BCUT2D eigenvalue weighted by Crippen LogP contribution is -2.26. The second-order valence-electron chi connectivity index (χ2n) is 3.47. The molecule has 0 aliphatic rings. The van der Waals surface area contributed by atoms with Crippen LogP contribution in [0, 0.1) is 6.92 Å². The van der Waals surface area contributed by atoms with Gasteiger partial charge in [0.1, 0.15) is 11.8 Å². The maximum Gasteiger partial charge on any atom is 0.327 e. The number of likely N-dealkylation sites (N-methyl/N-ethyl adjacent to an activating group) is 1. The van der Waals surface area contributed by atoms with Crippen molar-refractivity contribution in [1.82, 2.24) is 5.32 Å². The van der Waals surface area contributed by atoms with Crippen molar-refractivity contribution in [2.45, 2.75) is 13.0 Å². The number of methoxy groups -OCH3 is 2. The van der Waals surface area contributed by atoms with Crippen LogP contribution in [0.4, 0.5) is 0 Å². The number of carbonyl (C=O) groups excluding carboxylic acids is 1. The minimum absolute atomic E-state index is 0.299. The second-order valence-corrected chi connectivity index (χ2v) is 3.47. The first-order valence-electron chi connectivity index (χ1n) is 5.03. The molecule has 0 saturated heterocycles. The summed E-state index contributed by atoms with van der Waals surface area (Å²) in [5.74, 6) is 0.510. The van der Waals surface area contributed by atoms with E-state index >= 15 is 0 Å². The molecule has 0 spiro atoms. The van der Waals surface area contributed by atoms with E-state index in [1.54, 1.807) is 14.2 Å². The fraction of sp³-hybridized carbons (Fsp3) is 0.417. The summed E-state index contributed by atoms with van der Waals surface area (Å²) in [5.41, 5.74) is 1.86. The van der Waals surface area contributed by atoms with E-state index in [0.29, 0.717) is 0 Å². The molecule has 0 heterocycles. The molecule has 0 bridgehead atoms. The van der Waals surface area contributed by atoms with Crippen LogP contribution in [0.2, 0.25) is 0 Å². The lowest BCUT2D eigenvalue weighted by molar-refractivity contribution is -0.143. The normalized spacial score (nSPS) is 12.0. The number of ether oxygens (including phenoxy) is 2. The van der Waals surface area contributed by atoms with Gasteiger partial charge in [-0.05, 0) is 31.2 Å². The minimum Gasteiger partial charge on any atom is -0.496 e. The Morgan fingerprint density at radius 2 is 2.06 bits per heavy atom. The van der Waals surface area contributed by atoms with Crippen molar-refractivity contribution in [1.29, 1.82) is 0 Å². The molecule has 88 valence electrons. The minimum atomic E-state index is -0.436. The monoisotopic (exact) mass is 223 g/mol. The van der Waals surface area contributed by atoms with Gasteiger partial charge >= 0.3 is 5.97 Å². The molecule has 0 aromatic heterocycles. The third kappa shape index (κ3) is 2.52. The highest BCUT2D eigenvalue weighted by molar-refractivity contribution is 5.77. The maximum atomic E-state index is 11.5. The van der Waals surface area contributed by atoms with Gasteiger partial charge in [0.15, 0.2) is 0 Å². The van der Waals surface area contributed by atoms with Crippen molar-refractivity contribution in [3.8, 4) is 5.75 Å². The standard InChI is InChI=1S/C12H17NO3/c1-8-7-9(5-6-10(8)15-3)11(13-2)12(14)16-4/h5-7,11,13H,1-4H3. The number of esters is 1. The van der Waals surface area contributed by atoms with Crippen LogP contribution >= 0.6 is 0 Å². The summed E-state index contributed by atoms with van der Waals surface area (Å²) in [4.78, 5) is 11.5. The zero-order valence-electron chi connectivity index (χ0n) is 10.0. The van der Waals surface area contributed by atoms with Gasteiger partial charge < -0.3 is 14.8 Å². The van der Waals surface area contributed by atoms with Gasteiger partial charge in [-0.15, -0.1) is 0 Å². The Bertz CT molecular complexity index is 377. The van der Waals surface area contributed by atoms with Crippen molar-refractivity contribution in [2.75, 3.05) is 21.3 Å². The van der Waals surface area contributed by atoms with Crippen LogP contribution in [0.15, 0.2) is 18.2 Å². The molecule has 1 unspecified atom stereocenters. The average Bonchev–Trinajstić information content (AvgIpc) is 2.30. The fourth-order valence-electron chi connectivity index (χ4n) is 1.62. The predicted molar refractivity (Wildman–Crippen MR) is 61.5 cm³/mol. The molecule has 4 nitrogen and oxygen atoms in total. The largest absolute Gasteiger partial charge is 0.496 e. The number of rotatable bonds is 4. The van der Waals surface area contributed by atoms with Crippen LogP contribution < -0.4 is 10.1 Å². The zero-order valence-corrected chi connectivity index (χ0v) is 10.0. The summed E-state index contributed by atoms with van der Waals surface area (Å²) in [6.45, 7) is 1.94. The smallest absolute Gasteiger partial charge is 0.327 e. The first kappa shape index (κ1) is 12.5. The van der Waals surface area contributed by atoms with Gasteiger partial charge in [0.25, 0.3) is 0 Å². The second kappa shape index (κ2) is 5.51. The average molecular weight is 223 g/mol. The predicted octanol–water partition coefficient (Wildman–Crippen LogP) is 1.44. The number of carbonyl (C=O) groups is 1. The molecule has 0 saturated carbocycles. The molecular formula is C12H17NO3. The molecule has 1 rings (SSSR count). The van der Waals surface area contributed by atoms with Crippen molar-refractivity contribution >= 4 is 5.97 Å². The molecule has 0 aliphatic heterocycles. The number of aryl methyl sites for hydroxylation is 1. The molecule has 0 aliphatic carbocycles. The van der Waals surface area contributed by atoms with Gasteiger partial charge in [-0.1, -0.05) is 12.1 Å². The van der Waals surface area contributed by atoms with Gasteiger partial charge in [0.05, 0.1) is 14.2 Å². The summed E-state index contributed by atoms with van der Waals surface area (Å²) in [6, 6.07) is 5.17. The van der Waals surface area contributed by atoms with Crippen molar-refractivity contribution in [3.05, 3.63) is 29.3 Å². The molecule has 1 atom stereocenters. The van der Waals surface area contributed by atoms with Gasteiger partial charge in [0.2, 0.25) is 0 Å². The number of benzene rings is 1. The van der Waals surface area contributed by atoms with Crippen LogP contribution in [-0.4, -0.2) is 27.2 Å². The molecular weight excluding hydrogens is 206 g/mol. The van der Waals surface area contributed by atoms with Gasteiger partial charge in [-0.2, -0.15) is 0 Å². The molecule has 1 N–H and O–H groups in total. The van der Waals surface area contributed by atoms with Crippen LogP contribution in [0.3, 0.4) is 0 Å². The Balaban J connectivity index is 3.03. The van der Waals surface area contributed by atoms with E-state index in [0.717, 1.165) is 16.9 Å². The van der Waals surface area contributed by atoms with Crippen LogP contribution in [0.1, 0.15) is 17.2 Å². The van der Waals surface area contributed by atoms with Gasteiger partial charge in [0, 0.05) is 0 Å². The molecule has 16 heavy (non-hydrogen) atoms. The molecule has 1 aromatic carbocycles. The third-order valence-corrected chi connectivity index (χ3v) is 2.48. The fourth-order valence-corrected chi connectivity index (χ4v) is 1.62. The maximum absolute atomic E-state index is 11.5. The van der Waals surface area contributed by atoms with E-state index in [4.69, 9.17) is 9.47 Å². The van der Waals surface area contributed by atoms with Crippen LogP contribution in [-0.2, 0) is 9.53 Å². The van der Waals surface area contributed by atoms with Crippen molar-refractivity contribution in [2.24, 2.45) is 0 Å². The van der Waals surface area contributed by atoms with Crippen LogP contribution in [0.25, 0.3) is 0 Å². The lowest BCUT2D eigenvalue weighted by Gasteiger charge is -2.15. The molecule has 0 radical (unpaired) electrons. The van der Waals surface area contributed by atoms with Crippen molar-refractivity contribution < 1.29 is 14.3 Å². The first-order valence-corrected chi connectivity index (χ1v) is 5.03. The SMILES string of the molecule is CNC(C(=O)OC)c1ccc(OC)c(C)c1. The van der Waals surface area contributed by atoms with E-state index in [-0.39, 0.29) is 5.97 Å². The number of nitrogens with one attached hydrogen (secondary N) is 1. The molecule has 0 fully saturated rings. The number of hydrogen-bond acceptors (Lipinski definition) is 4. The number of hydrogen-bond donors (Lipinski definition) is 1. The summed E-state index contributed by atoms with van der Waals surface area (Å²) in [7, 11) is 4.72. The van der Waals surface area contributed by atoms with E-state index in [2.05, 4.69) is 5.32 Å². The van der Waals surface area contributed by atoms with E-state index in [9.17, 15) is 4.79 Å². The molecule has 1 aromatic rings. The lowest BCUT2D eigenvalue weighted by atomic mass is 10.0. The highest BCUT2D eigenvalue weighted by Crippen LogP contribution is 2.22. The topological polar surface area (TPSA) is 47.6 Å². The highest BCUT2D eigenvalue weighted by Gasteiger charge is 2.19. The highest BCUT2D eigenvalue weighted by atomic mass is 16.5. The summed E-state index contributed by atoms with van der Waals surface area (Å²) in [6.07, 6.45) is 0. The summed E-state index contributed by atoms with van der Waals surface area (Å²) >= 11 is 0. The summed E-state index contributed by atoms with van der Waals surface area (Å²) in [5, 5.41) is 2.92. The van der Waals surface area contributed by atoms with Crippen LogP contribution in [0.5, 0.6) is 5.75 Å². The Kier molecular flexibility index (Phi) is 4.31. The third-order valence-electron chi connectivity index (χ3n) is 2.48. The molecule has 4 heteroatoms. The van der Waals surface area contributed by atoms with E-state index in [1.165, 1.54) is 7.11 Å². The summed E-state index contributed by atoms with van der Waals surface area (Å²) < 4.78 is 9.88. The quantitative estimate of drug-likeness (QED) is 0.785. The van der Waals surface area contributed by atoms with Crippen molar-refractivity contribution in [3.63, 3.8) is 0 Å². The zero-order chi connectivity index (χ0) is 12.1. The Labute approximate surface area is 95.6 Å². The Hall–Kier alpha value is -1.55. The van der Waals surface area contributed by atoms with Gasteiger partial charge in [-0.3, -0.25) is 0 Å². The van der Waals surface area contributed by atoms with Gasteiger partial charge in [-0.25, -0.2) is 4.79 Å². The van der Waals surface area contributed by atoms with E-state index in [1.807, 2.05) is 25.1 Å². The first-order chi connectivity index (χ1) is 7.63.